The van der Waals surface area contributed by atoms with E-state index in [-0.39, 0.29) is 6.10 Å². The van der Waals surface area contributed by atoms with Crippen molar-refractivity contribution in [3.8, 4) is 11.6 Å². The first-order valence-electron chi connectivity index (χ1n) is 6.22. The highest BCUT2D eigenvalue weighted by molar-refractivity contribution is 5.85. The van der Waals surface area contributed by atoms with Gasteiger partial charge in [0.15, 0.2) is 11.5 Å². The Kier molecular flexibility index (Phi) is 2.94. The van der Waals surface area contributed by atoms with E-state index in [1.807, 2.05) is 26.0 Å². The molecule has 0 saturated carbocycles. The summed E-state index contributed by atoms with van der Waals surface area (Å²) in [5.41, 5.74) is 6.41. The summed E-state index contributed by atoms with van der Waals surface area (Å²) in [6.07, 6.45) is 4.81. The lowest BCUT2D eigenvalue weighted by molar-refractivity contribution is 0.241. The molecule has 3 aromatic heterocycles. The van der Waals surface area contributed by atoms with Crippen molar-refractivity contribution in [2.24, 2.45) is 0 Å². The fourth-order valence-electron chi connectivity index (χ4n) is 1.87. The number of aromatic nitrogens is 5. The van der Waals surface area contributed by atoms with Crippen LogP contribution in [0, 0.1) is 0 Å². The molecule has 0 atom stereocenters. The average Bonchev–Trinajstić information content (AvgIpc) is 2.84. The second-order valence-corrected chi connectivity index (χ2v) is 4.57. The zero-order valence-corrected chi connectivity index (χ0v) is 11.2. The van der Waals surface area contributed by atoms with Crippen LogP contribution in [0.2, 0.25) is 0 Å². The van der Waals surface area contributed by atoms with Gasteiger partial charge in [-0.2, -0.15) is 9.78 Å². The van der Waals surface area contributed by atoms with Crippen LogP contribution in [-0.2, 0) is 0 Å². The Hall–Kier alpha value is -2.70. The molecule has 0 bridgehead atoms. The number of fused-ring (bicyclic) bond motifs is 1. The maximum atomic E-state index is 5.78. The van der Waals surface area contributed by atoms with Crippen molar-refractivity contribution in [2.75, 3.05) is 5.73 Å². The first kappa shape index (κ1) is 12.3. The molecule has 0 aliphatic rings. The van der Waals surface area contributed by atoms with Crippen LogP contribution in [0.25, 0.3) is 16.9 Å². The minimum absolute atomic E-state index is 0.112. The number of nitrogens with zero attached hydrogens (tertiary/aromatic N) is 5. The number of hydrogen-bond donors (Lipinski definition) is 1. The molecule has 0 unspecified atom stereocenters. The van der Waals surface area contributed by atoms with Gasteiger partial charge in [0, 0.05) is 0 Å². The molecular weight excluding hydrogens is 256 g/mol. The number of nitrogens with two attached hydrogens (primary N) is 1. The summed E-state index contributed by atoms with van der Waals surface area (Å²) in [7, 11) is 0. The Bertz CT molecular complexity index is 734. The van der Waals surface area contributed by atoms with Crippen molar-refractivity contribution in [3.05, 3.63) is 30.9 Å². The molecule has 0 saturated heterocycles. The molecule has 2 N–H and O–H groups in total. The summed E-state index contributed by atoms with van der Waals surface area (Å²) in [4.78, 5) is 12.4. The standard InChI is InChI=1S/C13H14N6O/c1-8(2)20-9-3-4-11(15-5-9)19-13-10(6-18-19)12(14)16-7-17-13/h3-8H,1-2H3,(H2,14,16,17). The molecule has 7 nitrogen and oxygen atoms in total. The number of rotatable bonds is 3. The second-order valence-electron chi connectivity index (χ2n) is 4.57. The van der Waals surface area contributed by atoms with E-state index >= 15 is 0 Å². The number of ether oxygens (including phenoxy) is 1. The Morgan fingerprint density at radius 2 is 2.00 bits per heavy atom. The largest absolute Gasteiger partial charge is 0.489 e. The van der Waals surface area contributed by atoms with Crippen molar-refractivity contribution in [1.29, 1.82) is 0 Å². The fourth-order valence-corrected chi connectivity index (χ4v) is 1.87. The number of anilines is 1. The lowest BCUT2D eigenvalue weighted by Gasteiger charge is -2.09. The van der Waals surface area contributed by atoms with Crippen LogP contribution in [-0.4, -0.2) is 30.8 Å². The predicted octanol–water partition coefficient (Wildman–Crippen LogP) is 1.58. The molecule has 0 spiro atoms. The third-order valence-electron chi connectivity index (χ3n) is 2.71. The highest BCUT2D eigenvalue weighted by Gasteiger charge is 2.10. The van der Waals surface area contributed by atoms with E-state index in [0.29, 0.717) is 28.4 Å². The van der Waals surface area contributed by atoms with Gasteiger partial charge in [-0.25, -0.2) is 15.0 Å². The lowest BCUT2D eigenvalue weighted by atomic mass is 10.4. The summed E-state index contributed by atoms with van der Waals surface area (Å²) in [6.45, 7) is 3.93. The maximum absolute atomic E-state index is 5.78. The van der Waals surface area contributed by atoms with E-state index < -0.39 is 0 Å². The molecule has 3 rings (SSSR count). The predicted molar refractivity (Wildman–Crippen MR) is 74.6 cm³/mol. The Morgan fingerprint density at radius 1 is 1.15 bits per heavy atom. The van der Waals surface area contributed by atoms with Crippen LogP contribution in [0.1, 0.15) is 13.8 Å². The summed E-state index contributed by atoms with van der Waals surface area (Å²) < 4.78 is 7.17. The normalized spacial score (nSPS) is 11.2. The number of pyridine rings is 1. The Labute approximate surface area is 115 Å². The number of hydrogen-bond acceptors (Lipinski definition) is 6. The first-order chi connectivity index (χ1) is 9.65. The summed E-state index contributed by atoms with van der Waals surface area (Å²) >= 11 is 0. The Balaban J connectivity index is 2.01. The summed E-state index contributed by atoms with van der Waals surface area (Å²) in [5, 5.41) is 4.95. The van der Waals surface area contributed by atoms with Crippen molar-refractivity contribution >= 4 is 16.9 Å². The van der Waals surface area contributed by atoms with Crippen LogP contribution in [0.4, 0.5) is 5.82 Å². The summed E-state index contributed by atoms with van der Waals surface area (Å²) in [5.74, 6) is 1.77. The molecule has 3 aromatic rings. The molecule has 20 heavy (non-hydrogen) atoms. The Morgan fingerprint density at radius 3 is 2.70 bits per heavy atom. The molecule has 0 amide bonds. The smallest absolute Gasteiger partial charge is 0.170 e. The number of nitrogen functional groups attached to an aromatic ring is 1. The van der Waals surface area contributed by atoms with Gasteiger partial charge in [-0.05, 0) is 26.0 Å². The SMILES string of the molecule is CC(C)Oc1ccc(-n2ncc3c(N)ncnc32)nc1. The topological polar surface area (TPSA) is 91.7 Å². The zero-order chi connectivity index (χ0) is 14.1. The van der Waals surface area contributed by atoms with E-state index in [1.54, 1.807) is 17.1 Å². The van der Waals surface area contributed by atoms with Gasteiger partial charge < -0.3 is 10.5 Å². The van der Waals surface area contributed by atoms with Gasteiger partial charge in [0.2, 0.25) is 0 Å². The monoisotopic (exact) mass is 270 g/mol. The quantitative estimate of drug-likeness (QED) is 0.776. The third-order valence-corrected chi connectivity index (χ3v) is 2.71. The zero-order valence-electron chi connectivity index (χ0n) is 11.2. The van der Waals surface area contributed by atoms with Crippen molar-refractivity contribution in [3.63, 3.8) is 0 Å². The van der Waals surface area contributed by atoms with Gasteiger partial charge in [-0.1, -0.05) is 0 Å². The molecule has 0 fully saturated rings. The molecule has 3 heterocycles. The van der Waals surface area contributed by atoms with Crippen molar-refractivity contribution in [1.82, 2.24) is 24.7 Å². The molecule has 0 aromatic carbocycles. The minimum atomic E-state index is 0.112. The molecule has 7 heteroatoms. The molecular formula is C13H14N6O. The summed E-state index contributed by atoms with van der Waals surface area (Å²) in [6, 6.07) is 3.67. The molecule has 102 valence electrons. The van der Waals surface area contributed by atoms with Gasteiger partial charge in [-0.3, -0.25) is 0 Å². The van der Waals surface area contributed by atoms with Crippen molar-refractivity contribution < 1.29 is 4.74 Å². The lowest BCUT2D eigenvalue weighted by Crippen LogP contribution is -2.06. The third kappa shape index (κ3) is 2.13. The van der Waals surface area contributed by atoms with Crippen LogP contribution in [0.5, 0.6) is 5.75 Å². The maximum Gasteiger partial charge on any atom is 0.170 e. The first-order valence-corrected chi connectivity index (χ1v) is 6.22. The van der Waals surface area contributed by atoms with E-state index in [2.05, 4.69) is 20.1 Å². The van der Waals surface area contributed by atoms with Gasteiger partial charge in [0.05, 0.1) is 23.9 Å². The van der Waals surface area contributed by atoms with Crippen molar-refractivity contribution in [2.45, 2.75) is 20.0 Å². The van der Waals surface area contributed by atoms with E-state index in [1.165, 1.54) is 6.33 Å². The second kappa shape index (κ2) is 4.76. The van der Waals surface area contributed by atoms with Crippen LogP contribution in [0.15, 0.2) is 30.9 Å². The molecule has 0 aliphatic carbocycles. The van der Waals surface area contributed by atoms with Gasteiger partial charge >= 0.3 is 0 Å². The van der Waals surface area contributed by atoms with Crippen LogP contribution in [0.3, 0.4) is 0 Å². The fraction of sp³-hybridized carbons (Fsp3) is 0.231. The highest BCUT2D eigenvalue weighted by Crippen LogP contribution is 2.19. The minimum Gasteiger partial charge on any atom is -0.489 e. The molecule has 0 radical (unpaired) electrons. The van der Waals surface area contributed by atoms with E-state index in [0.717, 1.165) is 0 Å². The molecule has 0 aliphatic heterocycles. The van der Waals surface area contributed by atoms with E-state index in [4.69, 9.17) is 10.5 Å². The van der Waals surface area contributed by atoms with E-state index in [9.17, 15) is 0 Å². The van der Waals surface area contributed by atoms with Gasteiger partial charge in [-0.15, -0.1) is 0 Å². The van der Waals surface area contributed by atoms with Crippen LogP contribution >= 0.6 is 0 Å². The average molecular weight is 270 g/mol. The van der Waals surface area contributed by atoms with Crippen LogP contribution < -0.4 is 10.5 Å². The van der Waals surface area contributed by atoms with Gasteiger partial charge in [0.1, 0.15) is 17.9 Å². The van der Waals surface area contributed by atoms with Gasteiger partial charge in [0.25, 0.3) is 0 Å². The highest BCUT2D eigenvalue weighted by atomic mass is 16.5.